The van der Waals surface area contributed by atoms with Crippen molar-refractivity contribution >= 4 is 17.8 Å². The molecule has 0 unspecified atom stereocenters. The molecular weight excluding hydrogens is 326 g/mol. The second-order valence-electron chi connectivity index (χ2n) is 6.95. The van der Waals surface area contributed by atoms with Crippen LogP contribution in [0.25, 0.3) is 6.08 Å². The highest BCUT2D eigenvalue weighted by Crippen LogP contribution is 2.39. The van der Waals surface area contributed by atoms with Gasteiger partial charge >= 0.3 is 0 Å². The van der Waals surface area contributed by atoms with Crippen LogP contribution in [0, 0.1) is 0 Å². The molecule has 2 aromatic carbocycles. The molecular formula is C22H21NO3. The summed E-state index contributed by atoms with van der Waals surface area (Å²) in [5, 5.41) is 0. The average molecular weight is 347 g/mol. The summed E-state index contributed by atoms with van der Waals surface area (Å²) in [4.78, 5) is 26.7. The van der Waals surface area contributed by atoms with Gasteiger partial charge in [0.15, 0.2) is 5.78 Å². The monoisotopic (exact) mass is 347 g/mol. The molecule has 1 saturated heterocycles. The van der Waals surface area contributed by atoms with Gasteiger partial charge in [-0.3, -0.25) is 9.59 Å². The summed E-state index contributed by atoms with van der Waals surface area (Å²) in [6.07, 6.45) is 5.21. The third-order valence-corrected chi connectivity index (χ3v) is 5.20. The number of amides is 1. The largest absolute Gasteiger partial charge is 0.486 e. The minimum atomic E-state index is -0.467. The second-order valence-corrected chi connectivity index (χ2v) is 6.95. The molecule has 2 aliphatic rings. The van der Waals surface area contributed by atoms with Crippen molar-refractivity contribution in [2.45, 2.75) is 24.9 Å². The van der Waals surface area contributed by atoms with Gasteiger partial charge in [0, 0.05) is 32.0 Å². The highest BCUT2D eigenvalue weighted by molar-refractivity contribution is 6.00. The number of hydrogen-bond donors (Lipinski definition) is 0. The van der Waals surface area contributed by atoms with Gasteiger partial charge in [0.25, 0.3) is 0 Å². The molecule has 1 amide bonds. The third-order valence-electron chi connectivity index (χ3n) is 5.20. The molecule has 26 heavy (non-hydrogen) atoms. The van der Waals surface area contributed by atoms with E-state index in [0.29, 0.717) is 43.7 Å². The highest BCUT2D eigenvalue weighted by Gasteiger charge is 2.43. The number of rotatable bonds is 2. The lowest BCUT2D eigenvalue weighted by Crippen LogP contribution is -2.52. The summed E-state index contributed by atoms with van der Waals surface area (Å²) in [6.45, 7) is 1.21. The molecule has 0 atom stereocenters. The predicted octanol–water partition coefficient (Wildman–Crippen LogP) is 3.73. The van der Waals surface area contributed by atoms with Crippen molar-refractivity contribution in [3.63, 3.8) is 0 Å². The van der Waals surface area contributed by atoms with Crippen molar-refractivity contribution in [1.29, 1.82) is 0 Å². The topological polar surface area (TPSA) is 46.6 Å². The van der Waals surface area contributed by atoms with Crippen LogP contribution in [-0.2, 0) is 4.79 Å². The zero-order valence-electron chi connectivity index (χ0n) is 14.6. The van der Waals surface area contributed by atoms with Crippen LogP contribution in [-0.4, -0.2) is 35.3 Å². The number of para-hydroxylation sites is 1. The van der Waals surface area contributed by atoms with E-state index >= 15 is 0 Å². The van der Waals surface area contributed by atoms with E-state index < -0.39 is 5.60 Å². The van der Waals surface area contributed by atoms with E-state index in [1.165, 1.54) is 0 Å². The number of piperidine rings is 1. The molecule has 0 N–H and O–H groups in total. The molecule has 0 radical (unpaired) electrons. The van der Waals surface area contributed by atoms with E-state index in [1.807, 2.05) is 65.6 Å². The minimum absolute atomic E-state index is 0.00578. The number of carbonyl (C=O) groups excluding carboxylic acids is 2. The first-order valence-corrected chi connectivity index (χ1v) is 8.99. The fourth-order valence-electron chi connectivity index (χ4n) is 3.69. The van der Waals surface area contributed by atoms with Crippen molar-refractivity contribution in [1.82, 2.24) is 4.90 Å². The smallest absolute Gasteiger partial charge is 0.246 e. The predicted molar refractivity (Wildman–Crippen MR) is 100 cm³/mol. The summed E-state index contributed by atoms with van der Waals surface area (Å²) in [5.74, 6) is 0.814. The molecule has 1 fully saturated rings. The lowest BCUT2D eigenvalue weighted by atomic mass is 9.82. The van der Waals surface area contributed by atoms with Crippen molar-refractivity contribution in [3.8, 4) is 5.75 Å². The lowest BCUT2D eigenvalue weighted by Gasteiger charge is -2.43. The van der Waals surface area contributed by atoms with Crippen LogP contribution >= 0.6 is 0 Å². The number of fused-ring (bicyclic) bond motifs is 1. The lowest BCUT2D eigenvalue weighted by molar-refractivity contribution is -0.129. The van der Waals surface area contributed by atoms with E-state index in [9.17, 15) is 9.59 Å². The van der Waals surface area contributed by atoms with Crippen molar-refractivity contribution in [2.75, 3.05) is 13.1 Å². The molecule has 0 aromatic heterocycles. The van der Waals surface area contributed by atoms with Crippen LogP contribution in [0.3, 0.4) is 0 Å². The number of benzene rings is 2. The maximum atomic E-state index is 12.5. The first-order valence-electron chi connectivity index (χ1n) is 8.99. The van der Waals surface area contributed by atoms with Crippen LogP contribution in [0.1, 0.15) is 35.2 Å². The number of nitrogens with zero attached hydrogens (tertiary/aromatic N) is 1. The van der Waals surface area contributed by atoms with Crippen molar-refractivity contribution < 1.29 is 14.3 Å². The zero-order valence-corrected chi connectivity index (χ0v) is 14.6. The standard InChI is InChI=1S/C22H21NO3/c24-19-16-22(26-20-9-5-4-8-18(19)20)12-14-23(15-13-22)21(25)11-10-17-6-2-1-3-7-17/h1-11H,12-16H2/b11-10-. The Kier molecular flexibility index (Phi) is 4.33. The van der Waals surface area contributed by atoms with Crippen LogP contribution in [0.15, 0.2) is 60.7 Å². The van der Waals surface area contributed by atoms with E-state index in [0.717, 1.165) is 5.56 Å². The number of ketones is 1. The Labute approximate surface area is 153 Å². The van der Waals surface area contributed by atoms with E-state index in [4.69, 9.17) is 4.74 Å². The summed E-state index contributed by atoms with van der Waals surface area (Å²) < 4.78 is 6.21. The molecule has 4 nitrogen and oxygen atoms in total. The van der Waals surface area contributed by atoms with Crippen LogP contribution in [0.2, 0.25) is 0 Å². The molecule has 0 bridgehead atoms. The Hall–Kier alpha value is -2.88. The number of ether oxygens (including phenoxy) is 1. The van der Waals surface area contributed by atoms with E-state index in [2.05, 4.69) is 0 Å². The van der Waals surface area contributed by atoms with Crippen molar-refractivity contribution in [2.24, 2.45) is 0 Å². The fourth-order valence-corrected chi connectivity index (χ4v) is 3.69. The SMILES string of the molecule is O=C1CC2(CCN(C(=O)/C=C\c3ccccc3)CC2)Oc2ccccc21. The number of carbonyl (C=O) groups is 2. The van der Waals surface area contributed by atoms with Crippen molar-refractivity contribution in [3.05, 3.63) is 71.8 Å². The first-order chi connectivity index (χ1) is 12.7. The average Bonchev–Trinajstić information content (AvgIpc) is 2.67. The fraction of sp³-hybridized carbons (Fsp3) is 0.273. The molecule has 4 rings (SSSR count). The minimum Gasteiger partial charge on any atom is -0.486 e. The molecule has 0 aliphatic carbocycles. The normalized spacial score (nSPS) is 18.6. The summed E-state index contributed by atoms with van der Waals surface area (Å²) in [7, 11) is 0. The van der Waals surface area contributed by atoms with Crippen LogP contribution < -0.4 is 4.74 Å². The summed E-state index contributed by atoms with van der Waals surface area (Å²) >= 11 is 0. The van der Waals surface area contributed by atoms with Gasteiger partial charge in [-0.15, -0.1) is 0 Å². The third kappa shape index (κ3) is 3.27. The molecule has 2 heterocycles. The van der Waals surface area contributed by atoms with Gasteiger partial charge in [-0.25, -0.2) is 0 Å². The van der Waals surface area contributed by atoms with Crippen LogP contribution in [0.4, 0.5) is 0 Å². The number of hydrogen-bond acceptors (Lipinski definition) is 3. The number of Topliss-reactive ketones (excluding diaryl/α,β-unsaturated/α-hetero) is 1. The molecule has 0 saturated carbocycles. The summed E-state index contributed by atoms with van der Waals surface area (Å²) in [6, 6.07) is 17.2. The number of likely N-dealkylation sites (tertiary alicyclic amines) is 1. The first kappa shape index (κ1) is 16.6. The van der Waals surface area contributed by atoms with Gasteiger partial charge in [-0.1, -0.05) is 42.5 Å². The Balaban J connectivity index is 1.41. The maximum Gasteiger partial charge on any atom is 0.246 e. The Morgan fingerprint density at radius 3 is 2.46 bits per heavy atom. The highest BCUT2D eigenvalue weighted by atomic mass is 16.5. The quantitative estimate of drug-likeness (QED) is 0.778. The van der Waals surface area contributed by atoms with Gasteiger partial charge < -0.3 is 9.64 Å². The molecule has 2 aromatic rings. The van der Waals surface area contributed by atoms with E-state index in [-0.39, 0.29) is 11.7 Å². The van der Waals surface area contributed by atoms with Crippen LogP contribution in [0.5, 0.6) is 5.75 Å². The maximum absolute atomic E-state index is 12.5. The van der Waals surface area contributed by atoms with Gasteiger partial charge in [0.1, 0.15) is 11.4 Å². The second kappa shape index (κ2) is 6.79. The zero-order chi connectivity index (χ0) is 18.0. The molecule has 132 valence electrons. The summed E-state index contributed by atoms with van der Waals surface area (Å²) in [5.41, 5.74) is 1.21. The Morgan fingerprint density at radius 2 is 1.69 bits per heavy atom. The Morgan fingerprint density at radius 1 is 1.00 bits per heavy atom. The molecule has 2 aliphatic heterocycles. The van der Waals surface area contributed by atoms with Gasteiger partial charge in [0.2, 0.25) is 5.91 Å². The van der Waals surface area contributed by atoms with Gasteiger partial charge in [-0.2, -0.15) is 0 Å². The van der Waals surface area contributed by atoms with Gasteiger partial charge in [0.05, 0.1) is 12.0 Å². The Bertz CT molecular complexity index is 849. The van der Waals surface area contributed by atoms with E-state index in [1.54, 1.807) is 6.08 Å². The molecule has 1 spiro atoms. The van der Waals surface area contributed by atoms with Gasteiger partial charge in [-0.05, 0) is 23.8 Å². The molecule has 4 heteroatoms.